The number of hydrogen-bond acceptors (Lipinski definition) is 8. The van der Waals surface area contributed by atoms with Gasteiger partial charge in [0.1, 0.15) is 0 Å². The Morgan fingerprint density at radius 1 is 0.590 bits per heavy atom. The van der Waals surface area contributed by atoms with Crippen LogP contribution in [0.15, 0.2) is 91.0 Å². The summed E-state index contributed by atoms with van der Waals surface area (Å²) in [4.78, 5) is 36.8. The number of piperidine rings is 2. The van der Waals surface area contributed by atoms with Gasteiger partial charge in [-0.15, -0.1) is 0 Å². The Labute approximate surface area is 364 Å². The van der Waals surface area contributed by atoms with E-state index >= 15 is 0 Å². The number of likely N-dealkylation sites (tertiary alicyclic amines) is 2. The van der Waals surface area contributed by atoms with Crippen LogP contribution in [0.5, 0.6) is 0 Å². The number of nitrogens with zero attached hydrogens (tertiary/aromatic N) is 4. The Bertz CT molecular complexity index is 2070. The highest BCUT2D eigenvalue weighted by Gasteiger charge is 2.31. The highest BCUT2D eigenvalue weighted by Crippen LogP contribution is 2.41. The number of rotatable bonds is 15. The number of nitrogen functional groups attached to an aromatic ring is 2. The van der Waals surface area contributed by atoms with Gasteiger partial charge in [0.25, 0.3) is 11.8 Å². The maximum Gasteiger partial charge on any atom is 0.255 e. The second-order valence-corrected chi connectivity index (χ2v) is 18.2. The summed E-state index contributed by atoms with van der Waals surface area (Å²) in [7, 11) is 0. The number of carbonyl (C=O) groups is 2. The van der Waals surface area contributed by atoms with E-state index in [1.165, 1.54) is 69.4 Å². The zero-order valence-corrected chi connectivity index (χ0v) is 36.5. The zero-order chi connectivity index (χ0) is 42.3. The van der Waals surface area contributed by atoms with Gasteiger partial charge < -0.3 is 41.7 Å². The summed E-state index contributed by atoms with van der Waals surface area (Å²) in [5, 5.41) is 6.10. The number of hydrogen-bond donors (Lipinski definition) is 4. The smallest absolute Gasteiger partial charge is 0.255 e. The van der Waals surface area contributed by atoms with E-state index in [-0.39, 0.29) is 11.8 Å². The third-order valence-electron chi connectivity index (χ3n) is 14.1. The molecule has 2 saturated carbocycles. The van der Waals surface area contributed by atoms with Gasteiger partial charge in [0.15, 0.2) is 0 Å². The van der Waals surface area contributed by atoms with Crippen LogP contribution < -0.4 is 31.9 Å². The topological polar surface area (TPSA) is 123 Å². The molecule has 8 rings (SSSR count). The average molecular weight is 825 g/mol. The fourth-order valence-corrected chi connectivity index (χ4v) is 10.6. The maximum absolute atomic E-state index is 13.6. The van der Waals surface area contributed by atoms with E-state index in [1.807, 2.05) is 48.5 Å². The van der Waals surface area contributed by atoms with Crippen LogP contribution in [0.2, 0.25) is 0 Å². The number of anilines is 6. The molecule has 2 unspecified atom stereocenters. The number of nitrogens with two attached hydrogens (primary N) is 2. The van der Waals surface area contributed by atoms with Crippen LogP contribution >= 0.6 is 0 Å². The fraction of sp³-hybridized carbons (Fsp3) is 0.490. The van der Waals surface area contributed by atoms with Crippen LogP contribution in [0.1, 0.15) is 110 Å². The molecule has 2 aliphatic heterocycles. The minimum atomic E-state index is -0.159. The van der Waals surface area contributed by atoms with Gasteiger partial charge >= 0.3 is 0 Å². The molecule has 10 nitrogen and oxygen atoms in total. The molecule has 4 aliphatic rings. The summed E-state index contributed by atoms with van der Waals surface area (Å²) < 4.78 is 0. The van der Waals surface area contributed by atoms with E-state index in [4.69, 9.17) is 11.5 Å². The van der Waals surface area contributed by atoms with Gasteiger partial charge in [0, 0.05) is 86.9 Å². The molecule has 61 heavy (non-hydrogen) atoms. The van der Waals surface area contributed by atoms with Crippen LogP contribution in [0.25, 0.3) is 0 Å². The van der Waals surface area contributed by atoms with Crippen molar-refractivity contribution in [2.24, 2.45) is 11.8 Å². The minimum absolute atomic E-state index is 0.118. The van der Waals surface area contributed by atoms with Crippen LogP contribution in [0.4, 0.5) is 34.1 Å². The SMILES string of the molecule is CCN(c1ccc(C(=O)Nc2cccc(C3CCCC(CN4CCC(N(CC)c5ccc(C(=O)Nc6ccccc6N)cc5)CC4)C3)c2N)cc1)C1CCN(CC2CC2)CC1. The summed E-state index contributed by atoms with van der Waals surface area (Å²) in [5.74, 6) is 1.68. The van der Waals surface area contributed by atoms with Gasteiger partial charge in [-0.1, -0.05) is 30.7 Å². The summed E-state index contributed by atoms with van der Waals surface area (Å²) >= 11 is 0. The number of nitrogens with one attached hydrogen (secondary N) is 2. The van der Waals surface area contributed by atoms with Crippen LogP contribution in [0.3, 0.4) is 0 Å². The van der Waals surface area contributed by atoms with Crippen LogP contribution in [-0.4, -0.2) is 86.1 Å². The molecule has 4 aromatic carbocycles. The standard InChI is InChI=1S/C51H68N8O2/c1-3-58(43-25-29-56(30-26-43)34-36-15-16-36)42-23-19-39(20-24-42)51(61)55-48-14-8-11-45(49(48)53)40-10-7-9-37(33-40)35-57-31-27-44(28-32-57)59(4-2)41-21-17-38(18-22-41)50(60)54-47-13-6-5-12-46(47)52/h5-6,8,11-14,17-24,36-37,40,43-44H,3-4,7,9-10,15-16,25-35,52-53H2,1-2H3,(H,54,60)(H,55,61). The number of carbonyl (C=O) groups excluding carboxylic acids is 2. The van der Waals surface area contributed by atoms with Crippen molar-refractivity contribution in [1.82, 2.24) is 9.80 Å². The Balaban J connectivity index is 0.811. The molecule has 2 saturated heterocycles. The molecule has 0 bridgehead atoms. The van der Waals surface area contributed by atoms with Gasteiger partial charge in [-0.2, -0.15) is 0 Å². The second-order valence-electron chi connectivity index (χ2n) is 18.2. The van der Waals surface area contributed by atoms with Gasteiger partial charge in [-0.05, 0) is 162 Å². The number of amides is 2. The molecule has 4 aromatic rings. The van der Waals surface area contributed by atoms with Gasteiger partial charge in [-0.3, -0.25) is 9.59 Å². The molecule has 0 aromatic heterocycles. The molecule has 0 radical (unpaired) electrons. The van der Waals surface area contributed by atoms with Crippen molar-refractivity contribution in [2.75, 3.05) is 84.3 Å². The first-order valence-electron chi connectivity index (χ1n) is 23.3. The molecule has 2 amide bonds. The van der Waals surface area contributed by atoms with Crippen molar-refractivity contribution < 1.29 is 9.59 Å². The second kappa shape index (κ2) is 19.8. The third kappa shape index (κ3) is 10.5. The Kier molecular flexibility index (Phi) is 13.8. The number of benzene rings is 4. The predicted octanol–water partition coefficient (Wildman–Crippen LogP) is 9.32. The highest BCUT2D eigenvalue weighted by atomic mass is 16.2. The largest absolute Gasteiger partial charge is 0.397 e. The quantitative estimate of drug-likeness (QED) is 0.0876. The van der Waals surface area contributed by atoms with Crippen molar-refractivity contribution in [1.29, 1.82) is 0 Å². The third-order valence-corrected chi connectivity index (χ3v) is 14.1. The summed E-state index contributed by atoms with van der Waals surface area (Å²) in [6.07, 6.45) is 12.2. The fourth-order valence-electron chi connectivity index (χ4n) is 10.6. The highest BCUT2D eigenvalue weighted by molar-refractivity contribution is 6.06. The lowest BCUT2D eigenvalue weighted by Gasteiger charge is -2.41. The van der Waals surface area contributed by atoms with Gasteiger partial charge in [0.05, 0.1) is 22.7 Å². The first-order valence-corrected chi connectivity index (χ1v) is 23.3. The molecular formula is C51H68N8O2. The molecule has 2 aliphatic carbocycles. The normalized spacial score (nSPS) is 20.6. The van der Waals surface area contributed by atoms with E-state index < -0.39 is 0 Å². The van der Waals surface area contributed by atoms with Crippen molar-refractivity contribution in [3.05, 3.63) is 108 Å². The van der Waals surface area contributed by atoms with Crippen molar-refractivity contribution in [2.45, 2.75) is 96.1 Å². The average Bonchev–Trinajstić information content (AvgIpc) is 4.11. The van der Waals surface area contributed by atoms with Crippen molar-refractivity contribution >= 4 is 45.9 Å². The van der Waals surface area contributed by atoms with E-state index in [0.717, 1.165) is 70.0 Å². The van der Waals surface area contributed by atoms with Crippen molar-refractivity contribution in [3.63, 3.8) is 0 Å². The summed E-state index contributed by atoms with van der Waals surface area (Å²) in [5.41, 5.74) is 20.3. The predicted molar refractivity (Wildman–Crippen MR) is 253 cm³/mol. The van der Waals surface area contributed by atoms with E-state index in [2.05, 4.69) is 80.5 Å². The Morgan fingerprint density at radius 2 is 1.10 bits per heavy atom. The van der Waals surface area contributed by atoms with Crippen LogP contribution in [0, 0.1) is 11.8 Å². The lowest BCUT2D eigenvalue weighted by atomic mass is 9.77. The van der Waals surface area contributed by atoms with E-state index in [0.29, 0.717) is 57.8 Å². The lowest BCUT2D eigenvalue weighted by Crippen LogP contribution is -2.46. The first kappa shape index (κ1) is 42.6. The van der Waals surface area contributed by atoms with E-state index in [1.54, 1.807) is 6.07 Å². The summed E-state index contributed by atoms with van der Waals surface area (Å²) in [6.45, 7) is 13.3. The number of para-hydroxylation sites is 3. The van der Waals surface area contributed by atoms with Gasteiger partial charge in [-0.25, -0.2) is 0 Å². The monoisotopic (exact) mass is 825 g/mol. The first-order chi connectivity index (χ1) is 29.8. The molecule has 4 fully saturated rings. The lowest BCUT2D eigenvalue weighted by molar-refractivity contribution is 0.101. The molecule has 2 atom stereocenters. The zero-order valence-electron chi connectivity index (χ0n) is 36.5. The van der Waals surface area contributed by atoms with Crippen LogP contribution in [-0.2, 0) is 0 Å². The Hall–Kier alpha value is -5.06. The molecule has 6 N–H and O–H groups in total. The Morgan fingerprint density at radius 3 is 1.62 bits per heavy atom. The van der Waals surface area contributed by atoms with Crippen molar-refractivity contribution in [3.8, 4) is 0 Å². The molecule has 324 valence electrons. The molecule has 2 heterocycles. The summed E-state index contributed by atoms with van der Waals surface area (Å²) in [6, 6.07) is 30.6. The molecule has 0 spiro atoms. The molecule has 10 heteroatoms. The molecular weight excluding hydrogens is 757 g/mol. The van der Waals surface area contributed by atoms with Gasteiger partial charge in [0.2, 0.25) is 0 Å². The van der Waals surface area contributed by atoms with E-state index in [9.17, 15) is 9.59 Å². The maximum atomic E-state index is 13.6. The minimum Gasteiger partial charge on any atom is -0.397 e.